The first-order chi connectivity index (χ1) is 18.7. The van der Waals surface area contributed by atoms with Gasteiger partial charge in [0.05, 0.1) is 19.0 Å². The van der Waals surface area contributed by atoms with Crippen LogP contribution in [-0.2, 0) is 40.1 Å². The maximum Gasteiger partial charge on any atom is 0.308 e. The Hall–Kier alpha value is -3.76. The summed E-state index contributed by atoms with van der Waals surface area (Å²) in [6.45, 7) is 10.5. The number of amides is 4. The maximum absolute atomic E-state index is 12.7. The molecule has 0 aromatic heterocycles. The maximum atomic E-state index is 12.7. The second-order valence-corrected chi connectivity index (χ2v) is 10.7. The van der Waals surface area contributed by atoms with Crippen LogP contribution in [0.5, 0.6) is 0 Å². The van der Waals surface area contributed by atoms with Gasteiger partial charge in [-0.05, 0) is 30.0 Å². The predicted octanol–water partition coefficient (Wildman–Crippen LogP) is 2.44. The van der Waals surface area contributed by atoms with Gasteiger partial charge >= 0.3 is 5.97 Å². The van der Waals surface area contributed by atoms with Crippen LogP contribution in [0.1, 0.15) is 66.4 Å². The van der Waals surface area contributed by atoms with E-state index < -0.39 is 17.9 Å². The molecule has 222 valence electrons. The van der Waals surface area contributed by atoms with E-state index in [0.717, 1.165) is 5.56 Å². The van der Waals surface area contributed by atoms with Crippen LogP contribution in [0.25, 0.3) is 0 Å². The number of nitrogens with one attached hydrogen (secondary N) is 3. The third kappa shape index (κ3) is 12.9. The molecule has 0 bridgehead atoms. The molecule has 1 aromatic rings. The van der Waals surface area contributed by atoms with Gasteiger partial charge in [-0.3, -0.25) is 28.8 Å². The fraction of sp³-hybridized carbons (Fsp3) is 0.586. The van der Waals surface area contributed by atoms with Crippen molar-refractivity contribution in [2.45, 2.75) is 73.5 Å². The van der Waals surface area contributed by atoms with Crippen LogP contribution in [0.15, 0.2) is 24.3 Å². The molecule has 0 saturated heterocycles. The van der Waals surface area contributed by atoms with Crippen molar-refractivity contribution in [3.8, 4) is 0 Å². The van der Waals surface area contributed by atoms with Crippen molar-refractivity contribution in [2.24, 2.45) is 17.8 Å². The molecule has 11 heteroatoms. The largest absolute Gasteiger partial charge is 0.461 e. The van der Waals surface area contributed by atoms with Gasteiger partial charge in [0.25, 0.3) is 0 Å². The Balaban J connectivity index is 2.47. The molecule has 3 N–H and O–H groups in total. The number of hydrogen-bond acceptors (Lipinski definition) is 7. The number of likely N-dealkylation sites (N-methyl/N-ethyl adjacent to an activating group) is 1. The third-order valence-corrected chi connectivity index (χ3v) is 6.04. The lowest BCUT2D eigenvalue weighted by Crippen LogP contribution is -2.51. The van der Waals surface area contributed by atoms with E-state index in [1.165, 1.54) is 4.90 Å². The van der Waals surface area contributed by atoms with Gasteiger partial charge in [-0.1, -0.05) is 53.7 Å². The summed E-state index contributed by atoms with van der Waals surface area (Å²) in [4.78, 5) is 74.4. The van der Waals surface area contributed by atoms with Crippen molar-refractivity contribution < 1.29 is 33.5 Å². The molecule has 1 atom stereocenters. The van der Waals surface area contributed by atoms with Gasteiger partial charge in [-0.2, -0.15) is 0 Å². The number of benzene rings is 1. The summed E-state index contributed by atoms with van der Waals surface area (Å²) >= 11 is 0. The molecular weight excluding hydrogens is 516 g/mol. The molecule has 11 nitrogen and oxygen atoms in total. The minimum atomic E-state index is -0.852. The molecule has 0 fully saturated rings. The van der Waals surface area contributed by atoms with Crippen LogP contribution >= 0.6 is 0 Å². The molecule has 0 aliphatic rings. The number of carbonyl (C=O) groups excluding carboxylic acids is 6. The van der Waals surface area contributed by atoms with Crippen LogP contribution in [0, 0.1) is 17.8 Å². The van der Waals surface area contributed by atoms with E-state index in [1.54, 1.807) is 72.9 Å². The van der Waals surface area contributed by atoms with Gasteiger partial charge in [0, 0.05) is 31.5 Å². The summed E-state index contributed by atoms with van der Waals surface area (Å²) in [6, 6.07) is 5.93. The van der Waals surface area contributed by atoms with Crippen molar-refractivity contribution in [3.63, 3.8) is 0 Å². The quantitative estimate of drug-likeness (QED) is 0.263. The Kier molecular flexibility index (Phi) is 14.6. The summed E-state index contributed by atoms with van der Waals surface area (Å²) < 4.78 is 5.17. The molecule has 1 rings (SSSR count). The number of nitrogens with zero attached hydrogens (tertiary/aromatic N) is 1. The summed E-state index contributed by atoms with van der Waals surface area (Å²) in [5.41, 5.74) is 1.29. The summed E-state index contributed by atoms with van der Waals surface area (Å²) in [7, 11) is 1.56. The highest BCUT2D eigenvalue weighted by atomic mass is 16.5. The second-order valence-electron chi connectivity index (χ2n) is 10.7. The summed E-state index contributed by atoms with van der Waals surface area (Å²) in [6.07, 6.45) is 0.429. The summed E-state index contributed by atoms with van der Waals surface area (Å²) in [5, 5.41) is 7.90. The van der Waals surface area contributed by atoms with Crippen LogP contribution < -0.4 is 16.0 Å². The van der Waals surface area contributed by atoms with Gasteiger partial charge in [0.2, 0.25) is 23.6 Å². The Morgan fingerprint density at radius 3 is 2.02 bits per heavy atom. The lowest BCUT2D eigenvalue weighted by molar-refractivity contribution is -0.148. The van der Waals surface area contributed by atoms with E-state index >= 15 is 0 Å². The Labute approximate surface area is 236 Å². The molecular formula is C29H44N4O7. The number of rotatable bonds is 16. The zero-order valence-electron chi connectivity index (χ0n) is 24.7. The average molecular weight is 561 g/mol. The number of carbonyl (C=O) groups is 6. The van der Waals surface area contributed by atoms with Crippen molar-refractivity contribution in [3.05, 3.63) is 29.8 Å². The van der Waals surface area contributed by atoms with E-state index in [1.807, 2.05) is 0 Å². The number of esters is 1. The first-order valence-corrected chi connectivity index (χ1v) is 13.6. The zero-order valence-corrected chi connectivity index (χ0v) is 24.7. The summed E-state index contributed by atoms with van der Waals surface area (Å²) in [5.74, 6) is -2.49. The number of ether oxygens (including phenoxy) is 1. The minimum Gasteiger partial charge on any atom is -0.461 e. The van der Waals surface area contributed by atoms with Crippen molar-refractivity contribution in [1.82, 2.24) is 15.5 Å². The molecule has 40 heavy (non-hydrogen) atoms. The molecule has 0 spiro atoms. The average Bonchev–Trinajstić information content (AvgIpc) is 2.89. The zero-order chi connectivity index (χ0) is 30.4. The standard InChI is InChI=1S/C29H44N4O7/c1-18(2)23(34)16-33(7)26(37)10-8-9-24(35)32-27(19(3)4)28(38)30-15-25(36)31-22-13-11-21(12-14-22)17-40-29(39)20(5)6/h11-14,18-20,27H,8-10,15-17H2,1-7H3,(H,30,38)(H,31,36)(H,32,35). The third-order valence-electron chi connectivity index (χ3n) is 6.04. The molecule has 0 heterocycles. The van der Waals surface area contributed by atoms with Crippen LogP contribution in [0.4, 0.5) is 5.69 Å². The Morgan fingerprint density at radius 2 is 1.48 bits per heavy atom. The highest BCUT2D eigenvalue weighted by molar-refractivity contribution is 5.96. The number of anilines is 1. The molecule has 1 aromatic carbocycles. The van der Waals surface area contributed by atoms with E-state index in [-0.39, 0.29) is 80.3 Å². The lowest BCUT2D eigenvalue weighted by atomic mass is 10.0. The Bertz CT molecular complexity index is 1040. The SMILES string of the molecule is CC(C)C(=O)CN(C)C(=O)CCCC(=O)NC(C(=O)NCC(=O)Nc1ccc(COC(=O)C(C)C)cc1)C(C)C. The van der Waals surface area contributed by atoms with Gasteiger partial charge in [-0.25, -0.2) is 0 Å². The van der Waals surface area contributed by atoms with Crippen LogP contribution in [-0.4, -0.2) is 66.5 Å². The van der Waals surface area contributed by atoms with Crippen molar-refractivity contribution in [2.75, 3.05) is 25.5 Å². The number of ketones is 1. The van der Waals surface area contributed by atoms with E-state index in [0.29, 0.717) is 5.69 Å². The molecule has 0 aliphatic heterocycles. The van der Waals surface area contributed by atoms with Crippen molar-refractivity contribution in [1.29, 1.82) is 0 Å². The van der Waals surface area contributed by atoms with E-state index in [9.17, 15) is 28.8 Å². The minimum absolute atomic E-state index is 0.0345. The number of Topliss-reactive ketones (excluding diaryl/α,β-unsaturated/α-hetero) is 1. The van der Waals surface area contributed by atoms with E-state index in [2.05, 4.69) is 16.0 Å². The fourth-order valence-corrected chi connectivity index (χ4v) is 3.36. The molecule has 1 unspecified atom stereocenters. The number of hydrogen-bond donors (Lipinski definition) is 3. The van der Waals surface area contributed by atoms with Gasteiger partial charge in [0.15, 0.2) is 5.78 Å². The first-order valence-electron chi connectivity index (χ1n) is 13.6. The smallest absolute Gasteiger partial charge is 0.308 e. The van der Waals surface area contributed by atoms with E-state index in [4.69, 9.17) is 4.74 Å². The predicted molar refractivity (Wildman–Crippen MR) is 151 cm³/mol. The highest BCUT2D eigenvalue weighted by Gasteiger charge is 2.24. The van der Waals surface area contributed by atoms with Gasteiger partial charge in [0.1, 0.15) is 12.6 Å². The second kappa shape index (κ2) is 17.0. The molecule has 0 radical (unpaired) electrons. The van der Waals surface area contributed by atoms with Crippen LogP contribution in [0.3, 0.4) is 0 Å². The molecule has 4 amide bonds. The first kappa shape index (κ1) is 34.3. The van der Waals surface area contributed by atoms with Crippen molar-refractivity contribution >= 4 is 41.1 Å². The van der Waals surface area contributed by atoms with Gasteiger partial charge in [-0.15, -0.1) is 0 Å². The lowest BCUT2D eigenvalue weighted by Gasteiger charge is -2.22. The normalized spacial score (nSPS) is 11.7. The fourth-order valence-electron chi connectivity index (χ4n) is 3.36. The highest BCUT2D eigenvalue weighted by Crippen LogP contribution is 2.11. The topological polar surface area (TPSA) is 151 Å². The monoisotopic (exact) mass is 560 g/mol. The molecule has 0 saturated carbocycles. The Morgan fingerprint density at radius 1 is 0.850 bits per heavy atom. The van der Waals surface area contributed by atoms with Crippen LogP contribution in [0.2, 0.25) is 0 Å². The molecule has 0 aliphatic carbocycles. The van der Waals surface area contributed by atoms with Gasteiger partial charge < -0.3 is 25.6 Å².